The highest BCUT2D eigenvalue weighted by atomic mass is 35.5. The van der Waals surface area contributed by atoms with Gasteiger partial charge in [-0.2, -0.15) is 0 Å². The Balaban J connectivity index is 1.63. The van der Waals surface area contributed by atoms with Crippen LogP contribution < -0.4 is 4.90 Å². The van der Waals surface area contributed by atoms with E-state index in [9.17, 15) is 14.7 Å². The molecule has 0 saturated carbocycles. The second-order valence-corrected chi connectivity index (χ2v) is 9.72. The maximum atomic E-state index is 15.1. The zero-order chi connectivity index (χ0) is 25.1. The van der Waals surface area contributed by atoms with Gasteiger partial charge in [-0.15, -0.1) is 0 Å². The number of carbonyl (C=O) groups excluding carboxylic acids is 2. The number of ketones is 1. The monoisotopic (exact) mass is 518 g/mol. The molecule has 4 heterocycles. The number of amides is 1. The summed E-state index contributed by atoms with van der Waals surface area (Å²) in [5.41, 5.74) is 1.65. The van der Waals surface area contributed by atoms with Crippen LogP contribution in [0.25, 0.3) is 21.6 Å². The van der Waals surface area contributed by atoms with E-state index in [1.807, 2.05) is 0 Å². The number of aliphatic hydroxyl groups is 1. The molecule has 0 bridgehead atoms. The Morgan fingerprint density at radius 2 is 1.86 bits per heavy atom. The van der Waals surface area contributed by atoms with E-state index < -0.39 is 29.3 Å². The number of pyridine rings is 1. The third-order valence-electron chi connectivity index (χ3n) is 6.12. The molecule has 1 amide bonds. The summed E-state index contributed by atoms with van der Waals surface area (Å²) in [6.07, 6.45) is 1.69. The zero-order valence-corrected chi connectivity index (χ0v) is 20.2. The van der Waals surface area contributed by atoms with Crippen molar-refractivity contribution in [2.75, 3.05) is 4.90 Å². The molecule has 1 atom stereocenters. The quantitative estimate of drug-likeness (QED) is 0.189. The number of aryl methyl sites for hydroxylation is 1. The van der Waals surface area contributed by atoms with Crippen LogP contribution in [0.5, 0.6) is 0 Å². The highest BCUT2D eigenvalue weighted by Gasteiger charge is 2.49. The second kappa shape index (κ2) is 8.25. The van der Waals surface area contributed by atoms with Gasteiger partial charge in [0.25, 0.3) is 5.78 Å². The molecule has 1 aliphatic rings. The highest BCUT2D eigenvalue weighted by Crippen LogP contribution is 2.45. The number of hydrogen-bond donors (Lipinski definition) is 1. The van der Waals surface area contributed by atoms with Crippen molar-refractivity contribution < 1.29 is 19.1 Å². The summed E-state index contributed by atoms with van der Waals surface area (Å²) in [7, 11) is 0. The number of thiazole rings is 1. The fourth-order valence-corrected chi connectivity index (χ4v) is 5.80. The van der Waals surface area contributed by atoms with Crippen LogP contribution in [0, 0.1) is 12.7 Å². The minimum absolute atomic E-state index is 0.0574. The molecule has 178 valence electrons. The average Bonchev–Trinajstić information content (AvgIpc) is 3.50. The number of Topliss-reactive ketones (excluding diaryl/α,β-unsaturated/α-hetero) is 1. The molecule has 6 rings (SSSR count). The zero-order valence-electron chi connectivity index (χ0n) is 18.6. The average molecular weight is 519 g/mol. The molecule has 1 aliphatic heterocycles. The van der Waals surface area contributed by atoms with Crippen molar-refractivity contribution in [1.82, 2.24) is 14.4 Å². The standard InChI is InChI=1S/C26H16ClFN4O3S/c1-13-21(31-11-5-4-8-19(31)29-13)23(33)20-22(15-6-2-3-7-16(15)28)32(25(35)24(20)34)26-30-17-10-9-14(27)12-18(17)36-26/h2-12,22,33H,1H3. The maximum absolute atomic E-state index is 15.1. The molecule has 1 unspecified atom stereocenters. The molecular formula is C26H16ClFN4O3S. The van der Waals surface area contributed by atoms with Crippen LogP contribution in [0.3, 0.4) is 0 Å². The number of nitrogens with zero attached hydrogens (tertiary/aromatic N) is 4. The molecule has 1 fully saturated rings. The first-order valence-electron chi connectivity index (χ1n) is 10.9. The number of halogens is 2. The van der Waals surface area contributed by atoms with Crippen molar-refractivity contribution in [3.05, 3.63) is 100 Å². The first kappa shape index (κ1) is 22.4. The second-order valence-electron chi connectivity index (χ2n) is 8.27. The SMILES string of the molecule is Cc1nc2ccccn2c1C(O)=C1C(=O)C(=O)N(c2nc3ccc(Cl)cc3s2)C1c1ccccc1F. The van der Waals surface area contributed by atoms with Gasteiger partial charge >= 0.3 is 5.91 Å². The van der Waals surface area contributed by atoms with Crippen LogP contribution in [-0.2, 0) is 9.59 Å². The van der Waals surface area contributed by atoms with Gasteiger partial charge in [0.15, 0.2) is 10.9 Å². The van der Waals surface area contributed by atoms with Gasteiger partial charge < -0.3 is 5.11 Å². The van der Waals surface area contributed by atoms with Crippen molar-refractivity contribution >= 4 is 61.4 Å². The Morgan fingerprint density at radius 1 is 1.08 bits per heavy atom. The number of anilines is 1. The van der Waals surface area contributed by atoms with E-state index in [1.54, 1.807) is 60.0 Å². The third-order valence-corrected chi connectivity index (χ3v) is 7.37. The van der Waals surface area contributed by atoms with Gasteiger partial charge in [-0.25, -0.2) is 14.4 Å². The number of hydrogen-bond acceptors (Lipinski definition) is 6. The predicted octanol–water partition coefficient (Wildman–Crippen LogP) is 5.67. The third kappa shape index (κ3) is 3.31. The normalized spacial score (nSPS) is 17.5. The van der Waals surface area contributed by atoms with Crippen molar-refractivity contribution in [1.29, 1.82) is 0 Å². The molecule has 3 aromatic heterocycles. The molecule has 0 radical (unpaired) electrons. The fourth-order valence-electron chi connectivity index (χ4n) is 4.54. The van der Waals surface area contributed by atoms with Gasteiger partial charge in [-0.1, -0.05) is 47.2 Å². The smallest absolute Gasteiger partial charge is 0.301 e. The summed E-state index contributed by atoms with van der Waals surface area (Å²) in [5, 5.41) is 12.2. The Hall–Kier alpha value is -4.08. The molecule has 2 aromatic carbocycles. The van der Waals surface area contributed by atoms with E-state index in [1.165, 1.54) is 18.2 Å². The molecule has 0 aliphatic carbocycles. The maximum Gasteiger partial charge on any atom is 0.301 e. The van der Waals surface area contributed by atoms with Crippen molar-refractivity contribution in [3.63, 3.8) is 0 Å². The summed E-state index contributed by atoms with van der Waals surface area (Å²) in [6.45, 7) is 1.69. The summed E-state index contributed by atoms with van der Waals surface area (Å²) >= 11 is 7.26. The Labute approximate surface area is 212 Å². The van der Waals surface area contributed by atoms with Gasteiger partial charge in [-0.3, -0.25) is 18.9 Å². The number of aromatic nitrogens is 3. The minimum atomic E-state index is -1.24. The van der Waals surface area contributed by atoms with Crippen LogP contribution in [0.1, 0.15) is 23.0 Å². The predicted molar refractivity (Wildman–Crippen MR) is 136 cm³/mol. The fraction of sp³-hybridized carbons (Fsp3) is 0.0769. The molecule has 10 heteroatoms. The molecule has 36 heavy (non-hydrogen) atoms. The summed E-state index contributed by atoms with van der Waals surface area (Å²) in [6, 6.07) is 15.0. The van der Waals surface area contributed by atoms with E-state index in [0.717, 1.165) is 16.2 Å². The summed E-state index contributed by atoms with van der Waals surface area (Å²) in [4.78, 5) is 36.9. The van der Waals surface area contributed by atoms with E-state index >= 15 is 4.39 Å². The van der Waals surface area contributed by atoms with Gasteiger partial charge in [0.2, 0.25) is 0 Å². The first-order chi connectivity index (χ1) is 17.3. The summed E-state index contributed by atoms with van der Waals surface area (Å²) in [5.74, 6) is -2.92. The molecule has 0 spiro atoms. The van der Waals surface area contributed by atoms with Gasteiger partial charge in [0.1, 0.15) is 23.2 Å². The number of fused-ring (bicyclic) bond motifs is 2. The van der Waals surface area contributed by atoms with Crippen LogP contribution in [-0.4, -0.2) is 31.2 Å². The largest absolute Gasteiger partial charge is 0.505 e. The Bertz CT molecular complexity index is 1760. The van der Waals surface area contributed by atoms with E-state index in [4.69, 9.17) is 11.6 Å². The lowest BCUT2D eigenvalue weighted by molar-refractivity contribution is -0.132. The Kier molecular flexibility index (Phi) is 5.13. The molecule has 5 aromatic rings. The van der Waals surface area contributed by atoms with Crippen molar-refractivity contribution in [2.24, 2.45) is 0 Å². The molecule has 7 nitrogen and oxygen atoms in total. The molecule has 1 N–H and O–H groups in total. The van der Waals surface area contributed by atoms with E-state index in [0.29, 0.717) is 26.6 Å². The number of aliphatic hydroxyl groups excluding tert-OH is 1. The van der Waals surface area contributed by atoms with E-state index in [-0.39, 0.29) is 22.0 Å². The van der Waals surface area contributed by atoms with Crippen LogP contribution >= 0.6 is 22.9 Å². The Morgan fingerprint density at radius 3 is 2.67 bits per heavy atom. The molecule has 1 saturated heterocycles. The van der Waals surface area contributed by atoms with Crippen LogP contribution in [0.4, 0.5) is 9.52 Å². The number of benzene rings is 2. The van der Waals surface area contributed by atoms with E-state index in [2.05, 4.69) is 9.97 Å². The van der Waals surface area contributed by atoms with Gasteiger partial charge in [0, 0.05) is 16.8 Å². The number of rotatable bonds is 3. The van der Waals surface area contributed by atoms with Crippen molar-refractivity contribution in [3.8, 4) is 0 Å². The van der Waals surface area contributed by atoms with Crippen molar-refractivity contribution in [2.45, 2.75) is 13.0 Å². The lowest BCUT2D eigenvalue weighted by atomic mass is 9.96. The summed E-state index contributed by atoms with van der Waals surface area (Å²) < 4.78 is 17.5. The number of imidazole rings is 1. The lowest BCUT2D eigenvalue weighted by Gasteiger charge is -2.23. The topological polar surface area (TPSA) is 87.8 Å². The van der Waals surface area contributed by atoms with Gasteiger partial charge in [0.05, 0.1) is 21.5 Å². The lowest BCUT2D eigenvalue weighted by Crippen LogP contribution is -2.29. The van der Waals surface area contributed by atoms with Crippen LogP contribution in [0.2, 0.25) is 5.02 Å². The highest BCUT2D eigenvalue weighted by molar-refractivity contribution is 7.22. The first-order valence-corrected chi connectivity index (χ1v) is 12.1. The minimum Gasteiger partial charge on any atom is -0.505 e. The van der Waals surface area contributed by atoms with Crippen LogP contribution in [0.15, 0.2) is 72.4 Å². The molecular weight excluding hydrogens is 503 g/mol. The van der Waals surface area contributed by atoms with Gasteiger partial charge in [-0.05, 0) is 43.3 Å². The number of carbonyl (C=O) groups is 2.